The van der Waals surface area contributed by atoms with Gasteiger partial charge in [-0.25, -0.2) is 0 Å². The summed E-state index contributed by atoms with van der Waals surface area (Å²) < 4.78 is 0. The number of carbonyl (C=O) groups is 2. The normalized spacial score (nSPS) is 10.2. The molecule has 0 spiro atoms. The highest BCUT2D eigenvalue weighted by Crippen LogP contribution is 2.15. The molecule has 1 aromatic rings. The van der Waals surface area contributed by atoms with E-state index in [2.05, 4.69) is 0 Å². The van der Waals surface area contributed by atoms with E-state index in [0.29, 0.717) is 24.3 Å². The molecular weight excluding hydrogens is 254 g/mol. The molecule has 2 amide bonds. The third-order valence-corrected chi connectivity index (χ3v) is 3.27. The third kappa shape index (κ3) is 3.73. The molecule has 5 heteroatoms. The van der Waals surface area contributed by atoms with Crippen molar-refractivity contribution in [3.63, 3.8) is 0 Å². The maximum absolute atomic E-state index is 12.3. The Bertz CT molecular complexity index is 496. The second-order valence-corrected chi connectivity index (χ2v) is 4.82. The van der Waals surface area contributed by atoms with Gasteiger partial charge in [-0.3, -0.25) is 9.59 Å². The van der Waals surface area contributed by atoms with Crippen LogP contribution in [0.2, 0.25) is 0 Å². The van der Waals surface area contributed by atoms with Gasteiger partial charge in [0.2, 0.25) is 5.91 Å². The van der Waals surface area contributed by atoms with Crippen LogP contribution in [0.25, 0.3) is 0 Å². The third-order valence-electron chi connectivity index (χ3n) is 3.27. The second kappa shape index (κ2) is 6.93. The Labute approximate surface area is 120 Å². The summed E-state index contributed by atoms with van der Waals surface area (Å²) >= 11 is 0. The predicted octanol–water partition coefficient (Wildman–Crippen LogP) is 1.52. The zero-order valence-corrected chi connectivity index (χ0v) is 12.6. The largest absolute Gasteiger partial charge is 0.398 e. The van der Waals surface area contributed by atoms with E-state index < -0.39 is 0 Å². The van der Waals surface area contributed by atoms with Crippen LogP contribution in [0.4, 0.5) is 5.69 Å². The number of hydrogen-bond donors (Lipinski definition) is 1. The number of aryl methyl sites for hydroxylation is 1. The summed E-state index contributed by atoms with van der Waals surface area (Å²) in [6.07, 6.45) is 0. The topological polar surface area (TPSA) is 66.6 Å². The predicted molar refractivity (Wildman–Crippen MR) is 80.5 cm³/mol. The van der Waals surface area contributed by atoms with E-state index in [0.717, 1.165) is 5.56 Å². The Hall–Kier alpha value is -2.04. The van der Waals surface area contributed by atoms with Gasteiger partial charge in [0.15, 0.2) is 0 Å². The highest BCUT2D eigenvalue weighted by molar-refractivity contribution is 6.00. The van der Waals surface area contributed by atoms with Gasteiger partial charge in [-0.05, 0) is 32.9 Å². The minimum Gasteiger partial charge on any atom is -0.398 e. The first-order valence-electron chi connectivity index (χ1n) is 6.80. The molecule has 20 heavy (non-hydrogen) atoms. The number of nitrogens with two attached hydrogens (primary N) is 1. The Morgan fingerprint density at radius 1 is 1.20 bits per heavy atom. The van der Waals surface area contributed by atoms with Crippen LogP contribution < -0.4 is 5.73 Å². The zero-order valence-electron chi connectivity index (χ0n) is 12.6. The number of anilines is 1. The monoisotopic (exact) mass is 277 g/mol. The molecular formula is C15H23N3O2. The number of benzene rings is 1. The molecule has 1 aromatic carbocycles. The quantitative estimate of drug-likeness (QED) is 0.830. The van der Waals surface area contributed by atoms with Crippen molar-refractivity contribution >= 4 is 17.5 Å². The molecule has 0 radical (unpaired) electrons. The fraction of sp³-hybridized carbons (Fsp3) is 0.467. The van der Waals surface area contributed by atoms with Crippen LogP contribution in [0.3, 0.4) is 0 Å². The first-order valence-corrected chi connectivity index (χ1v) is 6.80. The number of likely N-dealkylation sites (N-methyl/N-ethyl adjacent to an activating group) is 2. The number of amides is 2. The second-order valence-electron chi connectivity index (χ2n) is 4.82. The lowest BCUT2D eigenvalue weighted by Gasteiger charge is -2.23. The lowest BCUT2D eigenvalue weighted by molar-refractivity contribution is -0.131. The van der Waals surface area contributed by atoms with Crippen molar-refractivity contribution in [2.75, 3.05) is 32.4 Å². The average molecular weight is 277 g/mol. The van der Waals surface area contributed by atoms with Crippen LogP contribution in [0.15, 0.2) is 18.2 Å². The molecule has 0 saturated carbocycles. The summed E-state index contributed by atoms with van der Waals surface area (Å²) in [6.45, 7) is 7.09. The molecule has 0 heterocycles. The minimum atomic E-state index is -0.230. The number of carbonyl (C=O) groups excluding carboxylic acids is 2. The summed E-state index contributed by atoms with van der Waals surface area (Å²) in [6, 6.07) is 5.31. The van der Waals surface area contributed by atoms with Crippen LogP contribution in [-0.2, 0) is 4.79 Å². The van der Waals surface area contributed by atoms with E-state index in [9.17, 15) is 9.59 Å². The molecule has 0 aliphatic heterocycles. The van der Waals surface area contributed by atoms with Gasteiger partial charge in [0, 0.05) is 25.8 Å². The Morgan fingerprint density at radius 2 is 1.80 bits per heavy atom. The van der Waals surface area contributed by atoms with Gasteiger partial charge in [-0.2, -0.15) is 0 Å². The minimum absolute atomic E-state index is 0.0583. The summed E-state index contributed by atoms with van der Waals surface area (Å²) in [5, 5.41) is 0. The smallest absolute Gasteiger partial charge is 0.256 e. The molecule has 0 atom stereocenters. The summed E-state index contributed by atoms with van der Waals surface area (Å²) in [5.74, 6) is -0.288. The SMILES string of the molecule is CCN(CC)C(=O)CN(C)C(=O)c1cc(C)ccc1N. The van der Waals surface area contributed by atoms with E-state index in [4.69, 9.17) is 5.73 Å². The highest BCUT2D eigenvalue weighted by Gasteiger charge is 2.19. The van der Waals surface area contributed by atoms with Crippen molar-refractivity contribution in [1.82, 2.24) is 9.80 Å². The van der Waals surface area contributed by atoms with E-state index in [-0.39, 0.29) is 18.4 Å². The van der Waals surface area contributed by atoms with Crippen LogP contribution >= 0.6 is 0 Å². The zero-order chi connectivity index (χ0) is 15.3. The molecule has 110 valence electrons. The van der Waals surface area contributed by atoms with Gasteiger partial charge in [-0.1, -0.05) is 11.6 Å². The average Bonchev–Trinajstić information content (AvgIpc) is 2.42. The van der Waals surface area contributed by atoms with Crippen LogP contribution in [0.5, 0.6) is 0 Å². The molecule has 0 bridgehead atoms. The number of hydrogen-bond acceptors (Lipinski definition) is 3. The van der Waals surface area contributed by atoms with Crippen molar-refractivity contribution in [1.29, 1.82) is 0 Å². The molecule has 5 nitrogen and oxygen atoms in total. The fourth-order valence-corrected chi connectivity index (χ4v) is 2.01. The summed E-state index contributed by atoms with van der Waals surface area (Å²) in [5.41, 5.74) is 7.67. The summed E-state index contributed by atoms with van der Waals surface area (Å²) in [4.78, 5) is 27.4. The van der Waals surface area contributed by atoms with Crippen molar-refractivity contribution in [3.05, 3.63) is 29.3 Å². The van der Waals surface area contributed by atoms with E-state index >= 15 is 0 Å². The maximum atomic E-state index is 12.3. The Morgan fingerprint density at radius 3 is 2.35 bits per heavy atom. The van der Waals surface area contributed by atoms with Crippen molar-refractivity contribution < 1.29 is 9.59 Å². The molecule has 2 N–H and O–H groups in total. The van der Waals surface area contributed by atoms with Crippen molar-refractivity contribution in [2.45, 2.75) is 20.8 Å². The summed E-state index contributed by atoms with van der Waals surface area (Å²) in [7, 11) is 1.62. The molecule has 0 aliphatic rings. The van der Waals surface area contributed by atoms with Crippen molar-refractivity contribution in [2.24, 2.45) is 0 Å². The van der Waals surface area contributed by atoms with Crippen LogP contribution in [-0.4, -0.2) is 48.3 Å². The standard InChI is InChI=1S/C15H23N3O2/c1-5-18(6-2)14(19)10-17(4)15(20)12-9-11(3)7-8-13(12)16/h7-9H,5-6,10,16H2,1-4H3. The fourth-order valence-electron chi connectivity index (χ4n) is 2.01. The number of nitrogens with zero attached hydrogens (tertiary/aromatic N) is 2. The van der Waals surface area contributed by atoms with Gasteiger partial charge >= 0.3 is 0 Å². The highest BCUT2D eigenvalue weighted by atomic mass is 16.2. The Kier molecular flexibility index (Phi) is 5.55. The van der Waals surface area contributed by atoms with Gasteiger partial charge < -0.3 is 15.5 Å². The van der Waals surface area contributed by atoms with Gasteiger partial charge in [0.05, 0.1) is 12.1 Å². The molecule has 0 fully saturated rings. The molecule has 0 aromatic heterocycles. The molecule has 0 saturated heterocycles. The lowest BCUT2D eigenvalue weighted by Crippen LogP contribution is -2.41. The van der Waals surface area contributed by atoms with Crippen LogP contribution in [0.1, 0.15) is 29.8 Å². The number of rotatable bonds is 5. The first kappa shape index (κ1) is 16.0. The number of nitrogen functional groups attached to an aromatic ring is 1. The van der Waals surface area contributed by atoms with E-state index in [1.807, 2.05) is 26.8 Å². The van der Waals surface area contributed by atoms with Gasteiger partial charge in [0.25, 0.3) is 5.91 Å². The van der Waals surface area contributed by atoms with Gasteiger partial charge in [-0.15, -0.1) is 0 Å². The van der Waals surface area contributed by atoms with E-state index in [1.165, 1.54) is 4.90 Å². The van der Waals surface area contributed by atoms with Crippen LogP contribution in [0, 0.1) is 6.92 Å². The maximum Gasteiger partial charge on any atom is 0.256 e. The van der Waals surface area contributed by atoms with E-state index in [1.54, 1.807) is 24.1 Å². The molecule has 0 unspecified atom stereocenters. The Balaban J connectivity index is 2.82. The molecule has 1 rings (SSSR count). The van der Waals surface area contributed by atoms with Crippen molar-refractivity contribution in [3.8, 4) is 0 Å². The van der Waals surface area contributed by atoms with Gasteiger partial charge in [0.1, 0.15) is 0 Å². The first-order chi connectivity index (χ1) is 9.40. The lowest BCUT2D eigenvalue weighted by atomic mass is 10.1. The molecule has 0 aliphatic carbocycles.